The molecule has 0 aliphatic carbocycles. The largest absolute Gasteiger partial charge is 0.381 e. The number of oxime groups is 1. The molecular weight excluding hydrogens is 168 g/mol. The summed E-state index contributed by atoms with van der Waals surface area (Å²) in [6, 6.07) is 0. The van der Waals surface area contributed by atoms with Crippen LogP contribution in [0.1, 0.15) is 5.69 Å². The summed E-state index contributed by atoms with van der Waals surface area (Å²) in [5.41, 5.74) is 5.95. The van der Waals surface area contributed by atoms with E-state index in [-0.39, 0.29) is 12.4 Å². The molecule has 0 bridgehead atoms. The summed E-state index contributed by atoms with van der Waals surface area (Å²) in [6.07, 6.45) is 9.48. The normalized spacial score (nSPS) is 10.5. The van der Waals surface area contributed by atoms with Gasteiger partial charge in [0.15, 0.2) is 12.4 Å². The maximum Gasteiger partial charge on any atom is 0.190 e. The van der Waals surface area contributed by atoms with Crippen molar-refractivity contribution < 1.29 is 4.84 Å². The number of hydrogen-bond donors (Lipinski definition) is 1. The zero-order valence-electron chi connectivity index (χ0n) is 6.84. The highest BCUT2D eigenvalue weighted by molar-refractivity contribution is 5.94. The van der Waals surface area contributed by atoms with Gasteiger partial charge in [-0.1, -0.05) is 11.1 Å². The summed E-state index contributed by atoms with van der Waals surface area (Å²) >= 11 is 0. The van der Waals surface area contributed by atoms with Gasteiger partial charge in [0, 0.05) is 12.4 Å². The summed E-state index contributed by atoms with van der Waals surface area (Å²) < 4.78 is 0. The molecule has 0 fully saturated rings. The zero-order valence-corrected chi connectivity index (χ0v) is 6.84. The van der Waals surface area contributed by atoms with Crippen molar-refractivity contribution in [2.45, 2.75) is 0 Å². The molecule has 0 spiro atoms. The highest BCUT2D eigenvalue weighted by atomic mass is 16.6. The van der Waals surface area contributed by atoms with E-state index in [9.17, 15) is 0 Å². The van der Waals surface area contributed by atoms with Gasteiger partial charge < -0.3 is 10.6 Å². The van der Waals surface area contributed by atoms with E-state index in [2.05, 4.69) is 25.9 Å². The van der Waals surface area contributed by atoms with Gasteiger partial charge in [-0.05, 0) is 0 Å². The topological polar surface area (TPSA) is 73.4 Å². The van der Waals surface area contributed by atoms with Gasteiger partial charge in [0.2, 0.25) is 0 Å². The molecule has 0 aliphatic rings. The Kier molecular flexibility index (Phi) is 3.27. The summed E-state index contributed by atoms with van der Waals surface area (Å²) in [4.78, 5) is 12.4. The fourth-order valence-corrected chi connectivity index (χ4v) is 0.617. The average molecular weight is 176 g/mol. The van der Waals surface area contributed by atoms with Gasteiger partial charge >= 0.3 is 0 Å². The fraction of sp³-hybridized carbons (Fsp3) is 0.125. The summed E-state index contributed by atoms with van der Waals surface area (Å²) in [6.45, 7) is 0.0843. The van der Waals surface area contributed by atoms with Gasteiger partial charge in [-0.25, -0.2) is 4.98 Å². The minimum atomic E-state index is 0.0843. The average Bonchev–Trinajstić information content (AvgIpc) is 2.19. The van der Waals surface area contributed by atoms with Crippen molar-refractivity contribution in [3.8, 4) is 12.3 Å². The van der Waals surface area contributed by atoms with Gasteiger partial charge in [0.25, 0.3) is 0 Å². The number of nitrogens with zero attached hydrogens (tertiary/aromatic N) is 3. The third-order valence-corrected chi connectivity index (χ3v) is 1.14. The van der Waals surface area contributed by atoms with Crippen molar-refractivity contribution in [3.63, 3.8) is 0 Å². The number of hydrogen-bond acceptors (Lipinski definition) is 4. The molecule has 1 rings (SSSR count). The summed E-state index contributed by atoms with van der Waals surface area (Å²) in [7, 11) is 0. The van der Waals surface area contributed by atoms with Crippen LogP contribution in [0.3, 0.4) is 0 Å². The van der Waals surface area contributed by atoms with E-state index < -0.39 is 0 Å². The monoisotopic (exact) mass is 176 g/mol. The lowest BCUT2D eigenvalue weighted by Crippen LogP contribution is -2.15. The molecule has 1 aromatic heterocycles. The molecule has 13 heavy (non-hydrogen) atoms. The van der Waals surface area contributed by atoms with E-state index >= 15 is 0 Å². The third-order valence-electron chi connectivity index (χ3n) is 1.14. The summed E-state index contributed by atoms with van der Waals surface area (Å²) in [5, 5.41) is 3.53. The molecule has 1 aromatic rings. The number of terminal acetylenes is 1. The minimum absolute atomic E-state index is 0.0843. The predicted molar refractivity (Wildman–Crippen MR) is 47.5 cm³/mol. The Bertz CT molecular complexity index is 328. The first-order chi connectivity index (χ1) is 6.34. The number of rotatable bonds is 3. The lowest BCUT2D eigenvalue weighted by molar-refractivity contribution is 0.179. The number of aromatic nitrogens is 2. The Morgan fingerprint density at radius 2 is 2.54 bits per heavy atom. The first-order valence-corrected chi connectivity index (χ1v) is 3.50. The molecule has 0 atom stereocenters. The second-order valence-electron chi connectivity index (χ2n) is 2.04. The highest BCUT2D eigenvalue weighted by Crippen LogP contribution is 1.89. The maximum absolute atomic E-state index is 5.49. The quantitative estimate of drug-likeness (QED) is 0.226. The molecule has 2 N–H and O–H groups in total. The predicted octanol–water partition coefficient (Wildman–Crippen LogP) is -0.253. The van der Waals surface area contributed by atoms with Crippen molar-refractivity contribution in [2.24, 2.45) is 10.9 Å². The third kappa shape index (κ3) is 2.79. The van der Waals surface area contributed by atoms with Gasteiger partial charge in [0.1, 0.15) is 5.69 Å². The first kappa shape index (κ1) is 9.00. The SMILES string of the molecule is C#CCO/N=C(/N)c1cnccn1. The molecular formula is C8H8N4O. The van der Waals surface area contributed by atoms with Crippen molar-refractivity contribution >= 4 is 5.84 Å². The Morgan fingerprint density at radius 1 is 1.69 bits per heavy atom. The van der Waals surface area contributed by atoms with E-state index in [4.69, 9.17) is 12.2 Å². The van der Waals surface area contributed by atoms with Gasteiger partial charge in [-0.15, -0.1) is 6.42 Å². The van der Waals surface area contributed by atoms with E-state index in [1.165, 1.54) is 12.4 Å². The molecule has 5 heteroatoms. The van der Waals surface area contributed by atoms with Crippen LogP contribution in [0.25, 0.3) is 0 Å². The summed E-state index contributed by atoms with van der Waals surface area (Å²) in [5.74, 6) is 2.41. The van der Waals surface area contributed by atoms with Crippen molar-refractivity contribution in [1.29, 1.82) is 0 Å². The van der Waals surface area contributed by atoms with Crippen LogP contribution in [0.15, 0.2) is 23.7 Å². The van der Waals surface area contributed by atoms with Crippen LogP contribution >= 0.6 is 0 Å². The molecule has 1 heterocycles. The van der Waals surface area contributed by atoms with E-state index in [0.717, 1.165) is 0 Å². The molecule has 0 aliphatic heterocycles. The Morgan fingerprint density at radius 3 is 3.15 bits per heavy atom. The van der Waals surface area contributed by atoms with Crippen LogP contribution in [0.4, 0.5) is 0 Å². The van der Waals surface area contributed by atoms with Gasteiger partial charge in [-0.2, -0.15) is 0 Å². The Balaban J connectivity index is 2.63. The van der Waals surface area contributed by atoms with E-state index in [1.54, 1.807) is 6.20 Å². The van der Waals surface area contributed by atoms with Crippen LogP contribution in [-0.2, 0) is 4.84 Å². The molecule has 0 saturated carbocycles. The van der Waals surface area contributed by atoms with Crippen molar-refractivity contribution in [2.75, 3.05) is 6.61 Å². The Labute approximate surface area is 75.6 Å². The van der Waals surface area contributed by atoms with Crippen LogP contribution < -0.4 is 5.73 Å². The number of nitrogens with two attached hydrogens (primary N) is 1. The number of amidine groups is 1. The standard InChI is InChI=1S/C8H8N4O/c1-2-5-13-12-8(9)7-6-10-3-4-11-7/h1,3-4,6H,5H2,(H2,9,12). The fourth-order valence-electron chi connectivity index (χ4n) is 0.617. The van der Waals surface area contributed by atoms with Crippen LogP contribution in [0, 0.1) is 12.3 Å². The van der Waals surface area contributed by atoms with E-state index in [0.29, 0.717) is 5.69 Å². The second-order valence-corrected chi connectivity index (χ2v) is 2.04. The smallest absolute Gasteiger partial charge is 0.190 e. The molecule has 0 aromatic carbocycles. The molecule has 0 unspecified atom stereocenters. The minimum Gasteiger partial charge on any atom is -0.381 e. The molecule has 0 radical (unpaired) electrons. The first-order valence-electron chi connectivity index (χ1n) is 3.50. The van der Waals surface area contributed by atoms with Crippen molar-refractivity contribution in [1.82, 2.24) is 9.97 Å². The van der Waals surface area contributed by atoms with E-state index in [1.807, 2.05) is 0 Å². The molecule has 0 saturated heterocycles. The lowest BCUT2D eigenvalue weighted by atomic mass is 10.4. The highest BCUT2D eigenvalue weighted by Gasteiger charge is 1.98. The van der Waals surface area contributed by atoms with Crippen LogP contribution in [-0.4, -0.2) is 22.4 Å². The second kappa shape index (κ2) is 4.72. The molecule has 5 nitrogen and oxygen atoms in total. The molecule has 0 amide bonds. The van der Waals surface area contributed by atoms with Crippen molar-refractivity contribution in [3.05, 3.63) is 24.3 Å². The molecule has 66 valence electrons. The van der Waals surface area contributed by atoms with Gasteiger partial charge in [-0.3, -0.25) is 4.98 Å². The van der Waals surface area contributed by atoms with Crippen LogP contribution in [0.5, 0.6) is 0 Å². The lowest BCUT2D eigenvalue weighted by Gasteiger charge is -1.97. The maximum atomic E-state index is 5.49. The zero-order chi connectivity index (χ0) is 9.52. The van der Waals surface area contributed by atoms with Gasteiger partial charge in [0.05, 0.1) is 6.20 Å². The Hall–Kier alpha value is -2.09. The van der Waals surface area contributed by atoms with Crippen LogP contribution in [0.2, 0.25) is 0 Å².